The summed E-state index contributed by atoms with van der Waals surface area (Å²) in [7, 11) is 1.55. The Kier molecular flexibility index (Phi) is 4.75. The Balaban J connectivity index is 1.81. The van der Waals surface area contributed by atoms with Gasteiger partial charge in [-0.2, -0.15) is 0 Å². The third kappa shape index (κ3) is 3.10. The van der Waals surface area contributed by atoms with Gasteiger partial charge in [0.05, 0.1) is 25.5 Å². The molecule has 0 bridgehead atoms. The number of methoxy groups -OCH3 is 1. The zero-order valence-electron chi connectivity index (χ0n) is 15.0. The van der Waals surface area contributed by atoms with Crippen LogP contribution in [0.25, 0.3) is 5.76 Å². The van der Waals surface area contributed by atoms with Crippen LogP contribution in [-0.4, -0.2) is 28.8 Å². The van der Waals surface area contributed by atoms with Gasteiger partial charge in [0, 0.05) is 10.4 Å². The number of ether oxygens (including phenoxy) is 1. The molecule has 1 fully saturated rings. The molecule has 3 heterocycles. The number of amides is 1. The fraction of sp³-hybridized carbons (Fsp3) is 0.143. The van der Waals surface area contributed by atoms with E-state index in [0.717, 1.165) is 4.88 Å². The summed E-state index contributed by atoms with van der Waals surface area (Å²) in [6.07, 6.45) is 1.52. The summed E-state index contributed by atoms with van der Waals surface area (Å²) in [6, 6.07) is 13.2. The number of aliphatic hydroxyl groups excluding tert-OH is 1. The van der Waals surface area contributed by atoms with Crippen molar-refractivity contribution in [1.29, 1.82) is 0 Å². The minimum absolute atomic E-state index is 0.0733. The van der Waals surface area contributed by atoms with Crippen LogP contribution in [-0.2, 0) is 16.1 Å². The molecular formula is C21H17NO5S. The van der Waals surface area contributed by atoms with E-state index in [-0.39, 0.29) is 17.9 Å². The van der Waals surface area contributed by atoms with Crippen LogP contribution >= 0.6 is 11.3 Å². The summed E-state index contributed by atoms with van der Waals surface area (Å²) in [5.41, 5.74) is 0.516. The predicted molar refractivity (Wildman–Crippen MR) is 104 cm³/mol. The molecule has 28 heavy (non-hydrogen) atoms. The van der Waals surface area contributed by atoms with Crippen LogP contribution in [0.15, 0.2) is 70.2 Å². The number of benzene rings is 1. The van der Waals surface area contributed by atoms with Crippen molar-refractivity contribution in [1.82, 2.24) is 4.90 Å². The maximum atomic E-state index is 12.8. The second-order valence-corrected chi connectivity index (χ2v) is 7.23. The number of aliphatic hydroxyl groups is 1. The van der Waals surface area contributed by atoms with Crippen molar-refractivity contribution in [3.8, 4) is 5.75 Å². The molecule has 3 aromatic rings. The number of likely N-dealkylation sites (tertiary alicyclic amines) is 1. The number of nitrogens with zero attached hydrogens (tertiary/aromatic N) is 1. The number of carbonyl (C=O) groups excluding carboxylic acids is 2. The number of hydrogen-bond acceptors (Lipinski definition) is 6. The number of rotatable bonds is 5. The van der Waals surface area contributed by atoms with Gasteiger partial charge < -0.3 is 19.2 Å². The average molecular weight is 395 g/mol. The quantitative estimate of drug-likeness (QED) is 0.402. The zero-order chi connectivity index (χ0) is 19.7. The Morgan fingerprint density at radius 1 is 1.18 bits per heavy atom. The van der Waals surface area contributed by atoms with Crippen molar-refractivity contribution in [2.24, 2.45) is 0 Å². The van der Waals surface area contributed by atoms with E-state index in [0.29, 0.717) is 17.1 Å². The molecule has 2 aromatic heterocycles. The molecule has 1 N–H and O–H groups in total. The predicted octanol–water partition coefficient (Wildman–Crippen LogP) is 3.97. The summed E-state index contributed by atoms with van der Waals surface area (Å²) >= 11 is 1.42. The summed E-state index contributed by atoms with van der Waals surface area (Å²) in [5, 5.41) is 12.8. The van der Waals surface area contributed by atoms with Crippen LogP contribution in [0.3, 0.4) is 0 Å². The summed E-state index contributed by atoms with van der Waals surface area (Å²) < 4.78 is 10.5. The van der Waals surface area contributed by atoms with Gasteiger partial charge in [-0.15, -0.1) is 11.3 Å². The molecule has 0 unspecified atom stereocenters. The molecule has 4 rings (SSSR count). The second-order valence-electron chi connectivity index (χ2n) is 6.25. The SMILES string of the molecule is COc1ccc(C(O)=C2C(=O)C(=O)N(Cc3ccco3)[C@H]2c2cccs2)cc1. The Labute approximate surface area is 165 Å². The monoisotopic (exact) mass is 395 g/mol. The summed E-state index contributed by atoms with van der Waals surface area (Å²) in [6.45, 7) is 0.138. The normalized spacial score (nSPS) is 18.6. The molecule has 1 aromatic carbocycles. The third-order valence-corrected chi connectivity index (χ3v) is 5.55. The van der Waals surface area contributed by atoms with Crippen LogP contribution in [0.5, 0.6) is 5.75 Å². The molecule has 1 aliphatic heterocycles. The smallest absolute Gasteiger partial charge is 0.296 e. The van der Waals surface area contributed by atoms with Crippen molar-refractivity contribution in [2.75, 3.05) is 7.11 Å². The van der Waals surface area contributed by atoms with Gasteiger partial charge in [0.1, 0.15) is 23.3 Å². The molecule has 7 heteroatoms. The lowest BCUT2D eigenvalue weighted by Crippen LogP contribution is -2.28. The van der Waals surface area contributed by atoms with Crippen LogP contribution in [0.1, 0.15) is 22.2 Å². The lowest BCUT2D eigenvalue weighted by Gasteiger charge is -2.23. The number of ketones is 1. The van der Waals surface area contributed by atoms with E-state index in [4.69, 9.17) is 9.15 Å². The van der Waals surface area contributed by atoms with Gasteiger partial charge in [0.25, 0.3) is 11.7 Å². The topological polar surface area (TPSA) is 80.0 Å². The Morgan fingerprint density at radius 3 is 2.57 bits per heavy atom. The molecule has 1 saturated heterocycles. The van der Waals surface area contributed by atoms with Gasteiger partial charge >= 0.3 is 0 Å². The third-order valence-electron chi connectivity index (χ3n) is 4.62. The number of furan rings is 1. The van der Waals surface area contributed by atoms with Crippen LogP contribution < -0.4 is 4.74 Å². The number of carbonyl (C=O) groups is 2. The van der Waals surface area contributed by atoms with Crippen molar-refractivity contribution in [3.05, 3.63) is 81.9 Å². The Morgan fingerprint density at radius 2 is 1.96 bits per heavy atom. The molecule has 0 radical (unpaired) electrons. The lowest BCUT2D eigenvalue weighted by molar-refractivity contribution is -0.140. The molecule has 142 valence electrons. The van der Waals surface area contributed by atoms with Gasteiger partial charge in [-0.25, -0.2) is 0 Å². The molecule has 1 amide bonds. The highest BCUT2D eigenvalue weighted by molar-refractivity contribution is 7.10. The highest BCUT2D eigenvalue weighted by Gasteiger charge is 2.46. The van der Waals surface area contributed by atoms with E-state index < -0.39 is 17.7 Å². The highest BCUT2D eigenvalue weighted by atomic mass is 32.1. The van der Waals surface area contributed by atoms with Gasteiger partial charge in [-0.3, -0.25) is 9.59 Å². The highest BCUT2D eigenvalue weighted by Crippen LogP contribution is 2.41. The molecule has 1 aliphatic rings. The Hall–Kier alpha value is -3.32. The van der Waals surface area contributed by atoms with E-state index in [1.165, 1.54) is 22.5 Å². The number of Topliss-reactive ketones (excluding diaryl/α,β-unsaturated/α-hetero) is 1. The molecular weight excluding hydrogens is 378 g/mol. The van der Waals surface area contributed by atoms with Crippen LogP contribution in [0, 0.1) is 0 Å². The summed E-state index contributed by atoms with van der Waals surface area (Å²) in [4.78, 5) is 27.8. The van der Waals surface area contributed by atoms with Gasteiger partial charge in [-0.1, -0.05) is 6.07 Å². The fourth-order valence-corrected chi connectivity index (χ4v) is 4.11. The van der Waals surface area contributed by atoms with Crippen LogP contribution in [0.2, 0.25) is 0 Å². The van der Waals surface area contributed by atoms with E-state index in [1.807, 2.05) is 17.5 Å². The van der Waals surface area contributed by atoms with Crippen molar-refractivity contribution >= 4 is 28.8 Å². The minimum Gasteiger partial charge on any atom is -0.507 e. The maximum Gasteiger partial charge on any atom is 0.296 e. The molecule has 0 saturated carbocycles. The standard InChI is InChI=1S/C21H17NO5S/c1-26-14-8-6-13(7-9-14)19(23)17-18(16-5-3-11-28-16)22(21(25)20(17)24)12-15-4-2-10-27-15/h2-11,18,23H,12H2,1H3/t18-/m0/s1. The van der Waals surface area contributed by atoms with E-state index in [9.17, 15) is 14.7 Å². The van der Waals surface area contributed by atoms with Gasteiger partial charge in [0.15, 0.2) is 0 Å². The van der Waals surface area contributed by atoms with Crippen molar-refractivity contribution in [2.45, 2.75) is 12.6 Å². The average Bonchev–Trinajstić information content (AvgIpc) is 3.46. The maximum absolute atomic E-state index is 12.8. The molecule has 0 aliphatic carbocycles. The Bertz CT molecular complexity index is 1020. The largest absolute Gasteiger partial charge is 0.507 e. The number of hydrogen-bond donors (Lipinski definition) is 1. The number of thiophene rings is 1. The minimum atomic E-state index is -0.710. The lowest BCUT2D eigenvalue weighted by atomic mass is 10.00. The first-order valence-corrected chi connectivity index (χ1v) is 9.46. The summed E-state index contributed by atoms with van der Waals surface area (Å²) in [5.74, 6) is -0.387. The van der Waals surface area contributed by atoms with E-state index in [2.05, 4.69) is 0 Å². The van der Waals surface area contributed by atoms with E-state index in [1.54, 1.807) is 43.5 Å². The second kappa shape index (κ2) is 7.36. The van der Waals surface area contributed by atoms with Gasteiger partial charge in [0.2, 0.25) is 0 Å². The molecule has 6 nitrogen and oxygen atoms in total. The zero-order valence-corrected chi connectivity index (χ0v) is 15.8. The van der Waals surface area contributed by atoms with Crippen LogP contribution in [0.4, 0.5) is 0 Å². The first kappa shape index (κ1) is 18.1. The first-order chi connectivity index (χ1) is 13.6. The van der Waals surface area contributed by atoms with E-state index >= 15 is 0 Å². The van der Waals surface area contributed by atoms with Crippen molar-refractivity contribution in [3.63, 3.8) is 0 Å². The van der Waals surface area contributed by atoms with Crippen molar-refractivity contribution < 1.29 is 23.8 Å². The fourth-order valence-electron chi connectivity index (χ4n) is 3.26. The molecule has 0 spiro atoms. The van der Waals surface area contributed by atoms with Gasteiger partial charge in [-0.05, 0) is 47.8 Å². The first-order valence-electron chi connectivity index (χ1n) is 8.58. The molecule has 1 atom stereocenters.